The summed E-state index contributed by atoms with van der Waals surface area (Å²) in [5.41, 5.74) is 6.64. The highest BCUT2D eigenvalue weighted by Gasteiger charge is 2.20. The van der Waals surface area contributed by atoms with Gasteiger partial charge in [-0.05, 0) is 63.0 Å². The van der Waals surface area contributed by atoms with Crippen molar-refractivity contribution < 1.29 is 0 Å². The molecule has 2 aromatic heterocycles. The zero-order valence-corrected chi connectivity index (χ0v) is 17.6. The fourth-order valence-corrected chi connectivity index (χ4v) is 4.55. The zero-order chi connectivity index (χ0) is 17.9. The minimum Gasteiger partial charge on any atom is -0.316 e. The van der Waals surface area contributed by atoms with Crippen molar-refractivity contribution in [3.8, 4) is 0 Å². The minimum absolute atomic E-state index is 0. The van der Waals surface area contributed by atoms with E-state index in [1.807, 2.05) is 12.4 Å². The monoisotopic (exact) mass is 402 g/mol. The number of halogens is 1. The Labute approximate surface area is 171 Å². The topological polar surface area (TPSA) is 41.1 Å². The zero-order valence-electron chi connectivity index (χ0n) is 15.9. The molecule has 3 heterocycles. The number of benzene rings is 1. The Balaban J connectivity index is 0.00000210. The van der Waals surface area contributed by atoms with Crippen molar-refractivity contribution in [2.75, 3.05) is 19.6 Å². The maximum atomic E-state index is 4.62. The van der Waals surface area contributed by atoms with Gasteiger partial charge in [-0.1, -0.05) is 12.1 Å². The van der Waals surface area contributed by atoms with Gasteiger partial charge in [0.15, 0.2) is 0 Å². The minimum atomic E-state index is 0. The number of rotatable bonds is 6. The van der Waals surface area contributed by atoms with Gasteiger partial charge in [0.25, 0.3) is 0 Å². The maximum absolute atomic E-state index is 4.62. The Hall–Kier alpha value is -1.53. The van der Waals surface area contributed by atoms with Gasteiger partial charge in [0.05, 0.1) is 16.7 Å². The summed E-state index contributed by atoms with van der Waals surface area (Å²) in [4.78, 5) is 13.0. The highest BCUT2D eigenvalue weighted by atomic mass is 35.5. The summed E-state index contributed by atoms with van der Waals surface area (Å²) >= 11 is 1.77. The van der Waals surface area contributed by atoms with E-state index < -0.39 is 0 Å². The Morgan fingerprint density at radius 2 is 2.07 bits per heavy atom. The van der Waals surface area contributed by atoms with Crippen LogP contribution in [0.3, 0.4) is 0 Å². The largest absolute Gasteiger partial charge is 0.316 e. The van der Waals surface area contributed by atoms with Crippen molar-refractivity contribution in [1.82, 2.24) is 20.2 Å². The molecule has 1 aromatic carbocycles. The molecule has 0 radical (unpaired) electrons. The third kappa shape index (κ3) is 5.05. The SMILES string of the molecule is Cc1ccc2cc(CN(Cc3scnc3C)CC3CCNC3)ccc2n1.Cl. The number of nitrogens with zero attached hydrogens (tertiary/aromatic N) is 3. The van der Waals surface area contributed by atoms with Gasteiger partial charge < -0.3 is 5.32 Å². The number of thiazole rings is 1. The lowest BCUT2D eigenvalue weighted by Crippen LogP contribution is -2.30. The van der Waals surface area contributed by atoms with E-state index in [1.54, 1.807) is 11.3 Å². The molecule has 4 nitrogen and oxygen atoms in total. The Morgan fingerprint density at radius 3 is 2.81 bits per heavy atom. The lowest BCUT2D eigenvalue weighted by molar-refractivity contribution is 0.222. The number of hydrogen-bond donors (Lipinski definition) is 1. The standard InChI is InChI=1S/C21H26N4S.ClH/c1-15-3-5-19-9-17(4-6-20(19)24-15)11-25(12-18-7-8-22-10-18)13-21-16(2)23-14-26-21;/h3-6,9,14,18,22H,7-8,10-13H2,1-2H3;1H. The van der Waals surface area contributed by atoms with Crippen molar-refractivity contribution in [3.63, 3.8) is 0 Å². The molecule has 1 unspecified atom stereocenters. The summed E-state index contributed by atoms with van der Waals surface area (Å²) in [6.45, 7) is 9.54. The summed E-state index contributed by atoms with van der Waals surface area (Å²) in [6, 6.07) is 11.0. The van der Waals surface area contributed by atoms with E-state index in [2.05, 4.69) is 57.4 Å². The van der Waals surface area contributed by atoms with Crippen LogP contribution in [0.5, 0.6) is 0 Å². The molecule has 4 rings (SSSR count). The molecule has 0 spiro atoms. The van der Waals surface area contributed by atoms with Gasteiger partial charge in [0.2, 0.25) is 0 Å². The second kappa shape index (κ2) is 9.11. The van der Waals surface area contributed by atoms with Crippen molar-refractivity contribution in [2.24, 2.45) is 5.92 Å². The highest BCUT2D eigenvalue weighted by molar-refractivity contribution is 7.09. The summed E-state index contributed by atoms with van der Waals surface area (Å²) in [6.07, 6.45) is 1.28. The molecule has 0 amide bonds. The first-order chi connectivity index (χ1) is 12.7. The predicted octanol–water partition coefficient (Wildman–Crippen LogP) is 4.34. The quantitative estimate of drug-likeness (QED) is 0.665. The number of hydrogen-bond acceptors (Lipinski definition) is 5. The summed E-state index contributed by atoms with van der Waals surface area (Å²) in [5.74, 6) is 0.744. The second-order valence-corrected chi connectivity index (χ2v) is 8.31. The number of fused-ring (bicyclic) bond motifs is 1. The molecule has 1 aliphatic heterocycles. The van der Waals surface area contributed by atoms with Crippen LogP contribution in [-0.2, 0) is 13.1 Å². The van der Waals surface area contributed by atoms with Crippen LogP contribution in [0.25, 0.3) is 10.9 Å². The van der Waals surface area contributed by atoms with E-state index in [9.17, 15) is 0 Å². The van der Waals surface area contributed by atoms with E-state index in [0.29, 0.717) is 0 Å². The van der Waals surface area contributed by atoms with Crippen LogP contribution in [0.15, 0.2) is 35.8 Å². The first-order valence-corrected chi connectivity index (χ1v) is 10.2. The normalized spacial score (nSPS) is 16.8. The second-order valence-electron chi connectivity index (χ2n) is 7.37. The molecule has 1 saturated heterocycles. The molecule has 6 heteroatoms. The molecule has 0 aliphatic carbocycles. The molecule has 0 saturated carbocycles. The number of pyridine rings is 1. The van der Waals surface area contributed by atoms with Crippen LogP contribution in [0.4, 0.5) is 0 Å². The van der Waals surface area contributed by atoms with Crippen molar-refractivity contribution in [2.45, 2.75) is 33.4 Å². The third-order valence-corrected chi connectivity index (χ3v) is 6.11. The van der Waals surface area contributed by atoms with Crippen LogP contribution < -0.4 is 5.32 Å². The number of aromatic nitrogens is 2. The smallest absolute Gasteiger partial charge is 0.0798 e. The van der Waals surface area contributed by atoms with Crippen molar-refractivity contribution in [3.05, 3.63) is 57.7 Å². The molecular formula is C21H27ClN4S. The average Bonchev–Trinajstić information content (AvgIpc) is 3.27. The first-order valence-electron chi connectivity index (χ1n) is 9.36. The van der Waals surface area contributed by atoms with Gasteiger partial charge >= 0.3 is 0 Å². The summed E-state index contributed by atoms with van der Waals surface area (Å²) in [7, 11) is 0. The van der Waals surface area contributed by atoms with Crippen molar-refractivity contribution in [1.29, 1.82) is 0 Å². The summed E-state index contributed by atoms with van der Waals surface area (Å²) in [5, 5.41) is 4.72. The van der Waals surface area contributed by atoms with Gasteiger partial charge in [-0.15, -0.1) is 23.7 Å². The molecule has 1 fully saturated rings. The van der Waals surface area contributed by atoms with E-state index in [1.165, 1.54) is 27.9 Å². The Kier molecular flexibility index (Phi) is 6.82. The lowest BCUT2D eigenvalue weighted by Gasteiger charge is -2.25. The summed E-state index contributed by atoms with van der Waals surface area (Å²) < 4.78 is 0. The molecule has 1 N–H and O–H groups in total. The fourth-order valence-electron chi connectivity index (χ4n) is 3.73. The van der Waals surface area contributed by atoms with Gasteiger partial charge in [-0.3, -0.25) is 9.88 Å². The predicted molar refractivity (Wildman–Crippen MR) is 116 cm³/mol. The lowest BCUT2D eigenvalue weighted by atomic mass is 10.1. The molecule has 144 valence electrons. The third-order valence-electron chi connectivity index (χ3n) is 5.19. The molecule has 27 heavy (non-hydrogen) atoms. The highest BCUT2D eigenvalue weighted by Crippen LogP contribution is 2.21. The van der Waals surface area contributed by atoms with E-state index >= 15 is 0 Å². The van der Waals surface area contributed by atoms with Crippen LogP contribution in [-0.4, -0.2) is 34.5 Å². The van der Waals surface area contributed by atoms with Crippen LogP contribution in [0.2, 0.25) is 0 Å². The number of aryl methyl sites for hydroxylation is 2. The Morgan fingerprint density at radius 1 is 1.19 bits per heavy atom. The average molecular weight is 403 g/mol. The molecule has 0 bridgehead atoms. The molecule has 1 atom stereocenters. The van der Waals surface area contributed by atoms with Crippen LogP contribution >= 0.6 is 23.7 Å². The number of nitrogens with one attached hydrogen (secondary N) is 1. The molecular weight excluding hydrogens is 376 g/mol. The molecule has 3 aromatic rings. The fraction of sp³-hybridized carbons (Fsp3) is 0.429. The van der Waals surface area contributed by atoms with E-state index in [4.69, 9.17) is 0 Å². The maximum Gasteiger partial charge on any atom is 0.0798 e. The first kappa shape index (κ1) is 20.2. The molecule has 1 aliphatic rings. The van der Waals surface area contributed by atoms with Crippen molar-refractivity contribution >= 4 is 34.6 Å². The van der Waals surface area contributed by atoms with Gasteiger partial charge in [0.1, 0.15) is 0 Å². The Bertz CT molecular complexity index is 889. The van der Waals surface area contributed by atoms with E-state index in [-0.39, 0.29) is 12.4 Å². The van der Waals surface area contributed by atoms with Gasteiger partial charge in [-0.25, -0.2) is 4.98 Å². The van der Waals surface area contributed by atoms with E-state index in [0.717, 1.165) is 49.9 Å². The van der Waals surface area contributed by atoms with Crippen LogP contribution in [0, 0.1) is 19.8 Å². The van der Waals surface area contributed by atoms with Gasteiger partial charge in [-0.2, -0.15) is 0 Å². The van der Waals surface area contributed by atoms with Crippen LogP contribution in [0.1, 0.15) is 28.2 Å². The van der Waals surface area contributed by atoms with Gasteiger partial charge in [0, 0.05) is 35.6 Å².